The molecule has 0 aliphatic carbocycles. The quantitative estimate of drug-likeness (QED) is 0.213. The van der Waals surface area contributed by atoms with Crippen molar-refractivity contribution < 1.29 is 23.5 Å². The van der Waals surface area contributed by atoms with Crippen LogP contribution in [0.4, 0.5) is 4.79 Å². The van der Waals surface area contributed by atoms with E-state index in [4.69, 9.17) is 18.9 Å². The van der Waals surface area contributed by atoms with Gasteiger partial charge in [-0.25, -0.2) is 14.6 Å². The maximum atomic E-state index is 13.3. The van der Waals surface area contributed by atoms with Crippen LogP contribution in [0, 0.1) is 0 Å². The smallest absolute Gasteiger partial charge is 0.408 e. The van der Waals surface area contributed by atoms with Gasteiger partial charge in [0.1, 0.15) is 16.2 Å². The summed E-state index contributed by atoms with van der Waals surface area (Å²) < 4.78 is 18.2. The zero-order valence-corrected chi connectivity index (χ0v) is 23.1. The molecule has 2 atom stereocenters. The Kier molecular flexibility index (Phi) is 7.39. The van der Waals surface area contributed by atoms with Crippen LogP contribution < -0.4 is 5.32 Å². The SMILES string of the molecule is CCOC(=O)c1oc2ccccc2c1C(c1nc2ccccc2s1)C(NC(=O)OC(C)(C)C)c1ccccc1. The van der Waals surface area contributed by atoms with Crippen LogP contribution in [0.2, 0.25) is 0 Å². The molecule has 39 heavy (non-hydrogen) atoms. The molecule has 3 aromatic carbocycles. The topological polar surface area (TPSA) is 90.7 Å². The van der Waals surface area contributed by atoms with E-state index in [9.17, 15) is 9.59 Å². The number of aromatic nitrogens is 1. The molecule has 2 heterocycles. The highest BCUT2D eigenvalue weighted by atomic mass is 32.1. The number of rotatable bonds is 7. The maximum Gasteiger partial charge on any atom is 0.408 e. The highest BCUT2D eigenvalue weighted by Crippen LogP contribution is 2.45. The Labute approximate surface area is 230 Å². The third-order valence-electron chi connectivity index (χ3n) is 6.15. The number of carbonyl (C=O) groups is 2. The third kappa shape index (κ3) is 5.66. The van der Waals surface area contributed by atoms with Crippen molar-refractivity contribution in [3.8, 4) is 0 Å². The molecular weight excluding hydrogens is 512 g/mol. The number of nitrogens with zero attached hydrogens (tertiary/aromatic N) is 1. The average molecular weight is 543 g/mol. The van der Waals surface area contributed by atoms with Gasteiger partial charge in [0.25, 0.3) is 0 Å². The number of benzene rings is 3. The molecular formula is C31H30N2O5S. The van der Waals surface area contributed by atoms with Gasteiger partial charge >= 0.3 is 12.1 Å². The summed E-state index contributed by atoms with van der Waals surface area (Å²) in [5.74, 6) is -1.08. The highest BCUT2D eigenvalue weighted by Gasteiger charge is 2.38. The van der Waals surface area contributed by atoms with Gasteiger partial charge in [-0.05, 0) is 51.5 Å². The van der Waals surface area contributed by atoms with Gasteiger partial charge in [-0.2, -0.15) is 0 Å². The van der Waals surface area contributed by atoms with Crippen LogP contribution in [0.3, 0.4) is 0 Å². The number of esters is 1. The van der Waals surface area contributed by atoms with Crippen molar-refractivity contribution in [1.82, 2.24) is 10.3 Å². The average Bonchev–Trinajstić information content (AvgIpc) is 3.50. The van der Waals surface area contributed by atoms with E-state index >= 15 is 0 Å². The van der Waals surface area contributed by atoms with E-state index in [2.05, 4.69) is 5.32 Å². The number of ether oxygens (including phenoxy) is 2. The number of hydrogen-bond acceptors (Lipinski definition) is 7. The largest absolute Gasteiger partial charge is 0.460 e. The molecule has 200 valence electrons. The number of furan rings is 1. The Morgan fingerprint density at radius 2 is 1.67 bits per heavy atom. The molecule has 2 unspecified atom stereocenters. The molecule has 0 aliphatic rings. The van der Waals surface area contributed by atoms with E-state index in [-0.39, 0.29) is 12.4 Å². The fourth-order valence-electron chi connectivity index (χ4n) is 4.63. The van der Waals surface area contributed by atoms with Crippen LogP contribution in [-0.2, 0) is 9.47 Å². The predicted molar refractivity (Wildman–Crippen MR) is 152 cm³/mol. The number of amides is 1. The second-order valence-electron chi connectivity index (χ2n) is 10.1. The Hall–Kier alpha value is -4.17. The van der Waals surface area contributed by atoms with Crippen molar-refractivity contribution in [3.05, 3.63) is 101 Å². The monoisotopic (exact) mass is 542 g/mol. The van der Waals surface area contributed by atoms with Crippen molar-refractivity contribution in [1.29, 1.82) is 0 Å². The van der Waals surface area contributed by atoms with Gasteiger partial charge in [0.2, 0.25) is 5.76 Å². The lowest BCUT2D eigenvalue weighted by molar-refractivity contribution is 0.0490. The van der Waals surface area contributed by atoms with Crippen LogP contribution in [0.25, 0.3) is 21.2 Å². The summed E-state index contributed by atoms with van der Waals surface area (Å²) in [7, 11) is 0. The molecule has 0 aliphatic heterocycles. The number of hydrogen-bond donors (Lipinski definition) is 1. The highest BCUT2D eigenvalue weighted by molar-refractivity contribution is 7.18. The fourth-order valence-corrected chi connectivity index (χ4v) is 5.75. The first kappa shape index (κ1) is 26.4. The van der Waals surface area contributed by atoms with Crippen LogP contribution in [-0.4, -0.2) is 29.3 Å². The lowest BCUT2D eigenvalue weighted by atomic mass is 9.85. The number of thiazole rings is 1. The number of alkyl carbamates (subject to hydrolysis) is 1. The first-order valence-electron chi connectivity index (χ1n) is 12.8. The first-order valence-corrected chi connectivity index (χ1v) is 13.7. The van der Waals surface area contributed by atoms with Gasteiger partial charge in [-0.1, -0.05) is 60.7 Å². The fraction of sp³-hybridized carbons (Fsp3) is 0.258. The molecule has 0 saturated heterocycles. The summed E-state index contributed by atoms with van der Waals surface area (Å²) in [5.41, 5.74) is 2.11. The molecule has 7 nitrogen and oxygen atoms in total. The molecule has 5 aromatic rings. The number of fused-ring (bicyclic) bond motifs is 2. The molecule has 0 spiro atoms. The maximum absolute atomic E-state index is 13.3. The number of nitrogens with one attached hydrogen (secondary N) is 1. The zero-order valence-electron chi connectivity index (χ0n) is 22.3. The number of para-hydroxylation sites is 2. The third-order valence-corrected chi connectivity index (χ3v) is 7.27. The zero-order chi connectivity index (χ0) is 27.6. The minimum Gasteiger partial charge on any atom is -0.460 e. The molecule has 0 saturated carbocycles. The van der Waals surface area contributed by atoms with E-state index in [0.29, 0.717) is 11.1 Å². The lowest BCUT2D eigenvalue weighted by Gasteiger charge is -2.29. The van der Waals surface area contributed by atoms with Crippen LogP contribution in [0.5, 0.6) is 0 Å². The van der Waals surface area contributed by atoms with Gasteiger partial charge in [0.05, 0.1) is 28.8 Å². The first-order chi connectivity index (χ1) is 18.7. The minimum absolute atomic E-state index is 0.0919. The van der Waals surface area contributed by atoms with Crippen molar-refractivity contribution in [2.24, 2.45) is 0 Å². The van der Waals surface area contributed by atoms with Crippen LogP contribution in [0.15, 0.2) is 83.3 Å². The van der Waals surface area contributed by atoms with E-state index in [1.165, 1.54) is 11.3 Å². The van der Waals surface area contributed by atoms with Crippen molar-refractivity contribution in [2.45, 2.75) is 45.3 Å². The normalized spacial score (nSPS) is 13.2. The van der Waals surface area contributed by atoms with E-state index in [1.54, 1.807) is 6.92 Å². The number of carbonyl (C=O) groups excluding carboxylic acids is 2. The molecule has 1 N–H and O–H groups in total. The van der Waals surface area contributed by atoms with Crippen molar-refractivity contribution in [2.75, 3.05) is 6.61 Å². The Balaban J connectivity index is 1.78. The van der Waals surface area contributed by atoms with Crippen LogP contribution in [0.1, 0.15) is 66.3 Å². The molecule has 2 aromatic heterocycles. The minimum atomic E-state index is -0.699. The summed E-state index contributed by atoms with van der Waals surface area (Å²) in [5, 5.41) is 4.56. The van der Waals surface area contributed by atoms with Gasteiger partial charge < -0.3 is 19.2 Å². The van der Waals surface area contributed by atoms with E-state index < -0.39 is 29.6 Å². The Morgan fingerprint density at radius 3 is 2.38 bits per heavy atom. The summed E-state index contributed by atoms with van der Waals surface area (Å²) in [6, 6.07) is 24.3. The standard InChI is InChI=1S/C31H30N2O5S/c1-5-36-29(34)27-24(20-15-9-11-17-22(20)37-27)25(28-32-21-16-10-12-18-23(21)39-28)26(19-13-7-6-8-14-19)33-30(35)38-31(2,3)4/h6-18,25-26H,5H2,1-4H3,(H,33,35). The molecule has 8 heteroatoms. The van der Waals surface area contributed by atoms with E-state index in [1.807, 2.05) is 99.6 Å². The molecule has 5 rings (SSSR count). The summed E-state index contributed by atoms with van der Waals surface area (Å²) in [4.78, 5) is 31.5. The Morgan fingerprint density at radius 1 is 0.974 bits per heavy atom. The summed E-state index contributed by atoms with van der Waals surface area (Å²) in [6.45, 7) is 7.40. The second-order valence-corrected chi connectivity index (χ2v) is 11.2. The molecule has 0 radical (unpaired) electrons. The van der Waals surface area contributed by atoms with Gasteiger partial charge in [-0.15, -0.1) is 11.3 Å². The molecule has 0 bridgehead atoms. The molecule has 1 amide bonds. The summed E-state index contributed by atoms with van der Waals surface area (Å²) in [6.07, 6.45) is -0.576. The van der Waals surface area contributed by atoms with Gasteiger partial charge in [0, 0.05) is 10.9 Å². The van der Waals surface area contributed by atoms with Crippen molar-refractivity contribution in [3.63, 3.8) is 0 Å². The van der Waals surface area contributed by atoms with Gasteiger partial charge in [0.15, 0.2) is 0 Å². The Bertz CT molecular complexity index is 1580. The summed E-state index contributed by atoms with van der Waals surface area (Å²) >= 11 is 1.51. The molecule has 0 fully saturated rings. The predicted octanol–water partition coefficient (Wildman–Crippen LogP) is 7.62. The lowest BCUT2D eigenvalue weighted by Crippen LogP contribution is -2.37. The second kappa shape index (κ2) is 10.9. The van der Waals surface area contributed by atoms with E-state index in [0.717, 1.165) is 26.2 Å². The van der Waals surface area contributed by atoms with Gasteiger partial charge in [-0.3, -0.25) is 0 Å². The van der Waals surface area contributed by atoms with Crippen LogP contribution >= 0.6 is 11.3 Å². The van der Waals surface area contributed by atoms with Crippen molar-refractivity contribution >= 4 is 44.6 Å².